The van der Waals surface area contributed by atoms with Crippen LogP contribution in [0.1, 0.15) is 40.5 Å². The van der Waals surface area contributed by atoms with Crippen molar-refractivity contribution in [2.45, 2.75) is 40.5 Å². The van der Waals surface area contributed by atoms with Crippen molar-refractivity contribution in [3.8, 4) is 0 Å². The lowest BCUT2D eigenvalue weighted by atomic mass is 10.2. The molecule has 0 aliphatic rings. The van der Waals surface area contributed by atoms with Crippen molar-refractivity contribution >= 4 is 0 Å². The summed E-state index contributed by atoms with van der Waals surface area (Å²) >= 11 is 0. The first kappa shape index (κ1) is 10.3. The Bertz CT molecular complexity index is 150. The fraction of sp³-hybridized carbons (Fsp3) is 0.600. The summed E-state index contributed by atoms with van der Waals surface area (Å²) in [5.41, 5.74) is 1.27. The molecule has 1 heteroatoms. The molecule has 0 bridgehead atoms. The standard InChI is InChI=1S/C10H18O/c1-5-7-10(9(3)4)11-8-6-2/h6,8H,5,7H2,1-4H3/b8-6-. The van der Waals surface area contributed by atoms with E-state index < -0.39 is 0 Å². The van der Waals surface area contributed by atoms with E-state index in [1.54, 1.807) is 6.26 Å². The van der Waals surface area contributed by atoms with Gasteiger partial charge < -0.3 is 4.74 Å². The van der Waals surface area contributed by atoms with E-state index in [9.17, 15) is 0 Å². The Kier molecular flexibility index (Phi) is 5.63. The lowest BCUT2D eigenvalue weighted by Crippen LogP contribution is -1.88. The van der Waals surface area contributed by atoms with E-state index in [0.29, 0.717) is 0 Å². The Hall–Kier alpha value is -0.720. The van der Waals surface area contributed by atoms with Gasteiger partial charge in [-0.15, -0.1) is 0 Å². The molecule has 0 N–H and O–H groups in total. The van der Waals surface area contributed by atoms with Crippen LogP contribution in [-0.2, 0) is 4.74 Å². The van der Waals surface area contributed by atoms with Gasteiger partial charge in [-0.3, -0.25) is 0 Å². The smallest absolute Gasteiger partial charge is 0.102 e. The van der Waals surface area contributed by atoms with E-state index in [0.717, 1.165) is 18.6 Å². The average molecular weight is 154 g/mol. The van der Waals surface area contributed by atoms with E-state index in [4.69, 9.17) is 4.74 Å². The van der Waals surface area contributed by atoms with Gasteiger partial charge in [0.1, 0.15) is 5.76 Å². The predicted octanol–water partition coefficient (Wildman–Crippen LogP) is 3.63. The van der Waals surface area contributed by atoms with Crippen LogP contribution in [0.2, 0.25) is 0 Å². The zero-order chi connectivity index (χ0) is 8.69. The molecule has 0 aromatic carbocycles. The molecule has 0 radical (unpaired) electrons. The van der Waals surface area contributed by atoms with Gasteiger partial charge in [0.2, 0.25) is 0 Å². The summed E-state index contributed by atoms with van der Waals surface area (Å²) < 4.78 is 5.39. The van der Waals surface area contributed by atoms with Crippen molar-refractivity contribution in [2.75, 3.05) is 0 Å². The normalized spacial score (nSPS) is 10.2. The second-order valence-corrected chi connectivity index (χ2v) is 2.76. The summed E-state index contributed by atoms with van der Waals surface area (Å²) in [7, 11) is 0. The maximum absolute atomic E-state index is 5.39. The van der Waals surface area contributed by atoms with E-state index >= 15 is 0 Å². The van der Waals surface area contributed by atoms with Crippen LogP contribution in [0, 0.1) is 0 Å². The highest BCUT2D eigenvalue weighted by molar-refractivity contribution is 5.03. The molecule has 0 amide bonds. The molecular formula is C10H18O. The van der Waals surface area contributed by atoms with Gasteiger partial charge in [0, 0.05) is 6.42 Å². The van der Waals surface area contributed by atoms with Crippen LogP contribution in [0.4, 0.5) is 0 Å². The molecule has 64 valence electrons. The molecule has 1 nitrogen and oxygen atoms in total. The minimum absolute atomic E-state index is 1.03. The zero-order valence-electron chi connectivity index (χ0n) is 7.98. The molecule has 0 saturated carbocycles. The van der Waals surface area contributed by atoms with Gasteiger partial charge in [0.25, 0.3) is 0 Å². The number of rotatable bonds is 4. The Morgan fingerprint density at radius 1 is 1.36 bits per heavy atom. The first-order valence-electron chi connectivity index (χ1n) is 4.16. The molecule has 0 aromatic heterocycles. The van der Waals surface area contributed by atoms with Crippen molar-refractivity contribution in [2.24, 2.45) is 0 Å². The molecule has 0 spiro atoms. The van der Waals surface area contributed by atoms with E-state index in [1.807, 2.05) is 13.0 Å². The van der Waals surface area contributed by atoms with Crippen LogP contribution in [0.5, 0.6) is 0 Å². The molecule has 0 heterocycles. The summed E-state index contributed by atoms with van der Waals surface area (Å²) in [5.74, 6) is 1.10. The Morgan fingerprint density at radius 2 is 2.00 bits per heavy atom. The highest BCUT2D eigenvalue weighted by Crippen LogP contribution is 2.12. The molecule has 0 aromatic rings. The van der Waals surface area contributed by atoms with Gasteiger partial charge in [0.05, 0.1) is 6.26 Å². The maximum atomic E-state index is 5.39. The zero-order valence-corrected chi connectivity index (χ0v) is 7.98. The SMILES string of the molecule is C/C=C\OC(CCC)=C(C)C. The van der Waals surface area contributed by atoms with E-state index in [-0.39, 0.29) is 0 Å². The summed E-state index contributed by atoms with van der Waals surface area (Å²) in [6.45, 7) is 8.26. The third-order valence-corrected chi connectivity index (χ3v) is 1.38. The summed E-state index contributed by atoms with van der Waals surface area (Å²) in [6.07, 6.45) is 5.81. The Labute approximate surface area is 69.8 Å². The second kappa shape index (κ2) is 6.02. The topological polar surface area (TPSA) is 9.23 Å². The monoisotopic (exact) mass is 154 g/mol. The fourth-order valence-corrected chi connectivity index (χ4v) is 0.804. The molecule has 0 fully saturated rings. The lowest BCUT2D eigenvalue weighted by Gasteiger charge is -2.06. The molecule has 0 rings (SSSR count). The van der Waals surface area contributed by atoms with Gasteiger partial charge in [-0.05, 0) is 32.8 Å². The van der Waals surface area contributed by atoms with E-state index in [2.05, 4.69) is 20.8 Å². The molecule has 0 atom stereocenters. The van der Waals surface area contributed by atoms with Crippen LogP contribution < -0.4 is 0 Å². The molecular weight excluding hydrogens is 136 g/mol. The molecule has 0 saturated heterocycles. The third-order valence-electron chi connectivity index (χ3n) is 1.38. The highest BCUT2D eigenvalue weighted by atomic mass is 16.5. The van der Waals surface area contributed by atoms with E-state index in [1.165, 1.54) is 5.57 Å². The summed E-state index contributed by atoms with van der Waals surface area (Å²) in [4.78, 5) is 0. The van der Waals surface area contributed by atoms with Gasteiger partial charge in [0.15, 0.2) is 0 Å². The van der Waals surface area contributed by atoms with Gasteiger partial charge in [-0.25, -0.2) is 0 Å². The Morgan fingerprint density at radius 3 is 2.36 bits per heavy atom. The highest BCUT2D eigenvalue weighted by Gasteiger charge is 1.96. The van der Waals surface area contributed by atoms with Crippen molar-refractivity contribution < 1.29 is 4.74 Å². The van der Waals surface area contributed by atoms with Gasteiger partial charge in [-0.1, -0.05) is 13.0 Å². The molecule has 0 aliphatic heterocycles. The molecule has 0 unspecified atom stereocenters. The quantitative estimate of drug-likeness (QED) is 0.562. The fourth-order valence-electron chi connectivity index (χ4n) is 0.804. The van der Waals surface area contributed by atoms with Crippen LogP contribution in [0.15, 0.2) is 23.7 Å². The molecule has 11 heavy (non-hydrogen) atoms. The first-order valence-corrected chi connectivity index (χ1v) is 4.16. The van der Waals surface area contributed by atoms with Crippen LogP contribution >= 0.6 is 0 Å². The maximum Gasteiger partial charge on any atom is 0.102 e. The molecule has 0 aliphatic carbocycles. The summed E-state index contributed by atoms with van der Waals surface area (Å²) in [5, 5.41) is 0. The van der Waals surface area contributed by atoms with Crippen molar-refractivity contribution in [3.63, 3.8) is 0 Å². The minimum atomic E-state index is 1.03. The van der Waals surface area contributed by atoms with Crippen LogP contribution in [0.3, 0.4) is 0 Å². The lowest BCUT2D eigenvalue weighted by molar-refractivity contribution is 0.326. The van der Waals surface area contributed by atoms with Crippen LogP contribution in [0.25, 0.3) is 0 Å². The van der Waals surface area contributed by atoms with Crippen molar-refractivity contribution in [1.29, 1.82) is 0 Å². The van der Waals surface area contributed by atoms with Crippen LogP contribution in [-0.4, -0.2) is 0 Å². The number of allylic oxidation sites excluding steroid dienone is 3. The largest absolute Gasteiger partial charge is 0.470 e. The number of hydrogen-bond acceptors (Lipinski definition) is 1. The Balaban J connectivity index is 4.01. The number of ether oxygens (including phenoxy) is 1. The van der Waals surface area contributed by atoms with Crippen molar-refractivity contribution in [3.05, 3.63) is 23.7 Å². The van der Waals surface area contributed by atoms with Crippen molar-refractivity contribution in [1.82, 2.24) is 0 Å². The first-order chi connectivity index (χ1) is 5.22. The third kappa shape index (κ3) is 4.65. The van der Waals surface area contributed by atoms with Gasteiger partial charge >= 0.3 is 0 Å². The number of hydrogen-bond donors (Lipinski definition) is 0. The average Bonchev–Trinajstić information content (AvgIpc) is 1.97. The second-order valence-electron chi connectivity index (χ2n) is 2.76. The van der Waals surface area contributed by atoms with Gasteiger partial charge in [-0.2, -0.15) is 0 Å². The predicted molar refractivity (Wildman–Crippen MR) is 49.2 cm³/mol. The minimum Gasteiger partial charge on any atom is -0.470 e. The summed E-state index contributed by atoms with van der Waals surface area (Å²) in [6, 6.07) is 0.